The van der Waals surface area contributed by atoms with Gasteiger partial charge in [0.15, 0.2) is 11.0 Å². The predicted octanol–water partition coefficient (Wildman–Crippen LogP) is 3.19. The van der Waals surface area contributed by atoms with E-state index in [1.165, 1.54) is 5.56 Å². The van der Waals surface area contributed by atoms with Crippen LogP contribution in [0.5, 0.6) is 0 Å². The first-order valence-corrected chi connectivity index (χ1v) is 7.23. The SMILES string of the molecule is CCc1nn(C)cc1CNc1nnc(Cl)c2ccccc12. The van der Waals surface area contributed by atoms with Gasteiger partial charge in [0.1, 0.15) is 0 Å². The highest BCUT2D eigenvalue weighted by Crippen LogP contribution is 2.26. The van der Waals surface area contributed by atoms with E-state index in [1.807, 2.05) is 42.2 Å². The number of anilines is 1. The number of aryl methyl sites for hydroxylation is 2. The molecule has 0 bridgehead atoms. The van der Waals surface area contributed by atoms with E-state index in [0.717, 1.165) is 28.7 Å². The highest BCUT2D eigenvalue weighted by molar-refractivity contribution is 6.34. The fourth-order valence-electron chi connectivity index (χ4n) is 2.41. The molecule has 108 valence electrons. The lowest BCUT2D eigenvalue weighted by molar-refractivity contribution is 0.746. The van der Waals surface area contributed by atoms with E-state index in [9.17, 15) is 0 Å². The lowest BCUT2D eigenvalue weighted by atomic mass is 10.2. The van der Waals surface area contributed by atoms with Crippen molar-refractivity contribution in [3.63, 3.8) is 0 Å². The van der Waals surface area contributed by atoms with E-state index in [0.29, 0.717) is 11.7 Å². The highest BCUT2D eigenvalue weighted by Gasteiger charge is 2.09. The second-order valence-corrected chi connectivity index (χ2v) is 5.22. The number of hydrogen-bond acceptors (Lipinski definition) is 4. The average molecular weight is 302 g/mol. The summed E-state index contributed by atoms with van der Waals surface area (Å²) in [5, 5.41) is 18.2. The molecule has 3 rings (SSSR count). The zero-order valence-corrected chi connectivity index (χ0v) is 12.7. The molecule has 0 amide bonds. The van der Waals surface area contributed by atoms with E-state index >= 15 is 0 Å². The molecule has 0 fully saturated rings. The molecular weight excluding hydrogens is 286 g/mol. The summed E-state index contributed by atoms with van der Waals surface area (Å²) in [6, 6.07) is 7.84. The first kappa shape index (κ1) is 13.8. The molecule has 1 aromatic carbocycles. The molecule has 1 N–H and O–H groups in total. The largest absolute Gasteiger partial charge is 0.364 e. The molecule has 5 nitrogen and oxygen atoms in total. The molecule has 0 saturated heterocycles. The molecule has 2 aromatic heterocycles. The topological polar surface area (TPSA) is 55.6 Å². The van der Waals surface area contributed by atoms with Gasteiger partial charge in [-0.05, 0) is 6.42 Å². The smallest absolute Gasteiger partial charge is 0.159 e. The van der Waals surface area contributed by atoms with Gasteiger partial charge in [-0.1, -0.05) is 42.8 Å². The average Bonchev–Trinajstić information content (AvgIpc) is 2.87. The van der Waals surface area contributed by atoms with Crippen LogP contribution >= 0.6 is 11.6 Å². The molecule has 0 aliphatic rings. The van der Waals surface area contributed by atoms with E-state index < -0.39 is 0 Å². The van der Waals surface area contributed by atoms with Gasteiger partial charge in [0.25, 0.3) is 0 Å². The second-order valence-electron chi connectivity index (χ2n) is 4.87. The Kier molecular flexibility index (Phi) is 3.75. The van der Waals surface area contributed by atoms with Crippen molar-refractivity contribution in [1.82, 2.24) is 20.0 Å². The molecule has 0 unspecified atom stereocenters. The number of benzene rings is 1. The first-order valence-electron chi connectivity index (χ1n) is 6.85. The number of fused-ring (bicyclic) bond motifs is 1. The van der Waals surface area contributed by atoms with Crippen molar-refractivity contribution in [2.24, 2.45) is 7.05 Å². The van der Waals surface area contributed by atoms with Gasteiger partial charge in [-0.2, -0.15) is 5.10 Å². The van der Waals surface area contributed by atoms with Gasteiger partial charge in [-0.3, -0.25) is 4.68 Å². The van der Waals surface area contributed by atoms with Gasteiger partial charge < -0.3 is 5.32 Å². The van der Waals surface area contributed by atoms with E-state index in [-0.39, 0.29) is 0 Å². The molecule has 21 heavy (non-hydrogen) atoms. The summed E-state index contributed by atoms with van der Waals surface area (Å²) in [5.41, 5.74) is 2.26. The number of halogens is 1. The van der Waals surface area contributed by atoms with Crippen LogP contribution in [0.1, 0.15) is 18.2 Å². The molecular formula is C15H16ClN5. The van der Waals surface area contributed by atoms with Crippen molar-refractivity contribution in [2.45, 2.75) is 19.9 Å². The Morgan fingerprint density at radius 1 is 1.19 bits per heavy atom. The molecule has 6 heteroatoms. The molecule has 0 aliphatic carbocycles. The van der Waals surface area contributed by atoms with Crippen molar-refractivity contribution in [3.8, 4) is 0 Å². The monoisotopic (exact) mass is 301 g/mol. The highest BCUT2D eigenvalue weighted by atomic mass is 35.5. The summed E-state index contributed by atoms with van der Waals surface area (Å²) in [6.07, 6.45) is 2.93. The molecule has 0 aliphatic heterocycles. The minimum Gasteiger partial charge on any atom is -0.364 e. The number of rotatable bonds is 4. The van der Waals surface area contributed by atoms with Crippen molar-refractivity contribution in [2.75, 3.05) is 5.32 Å². The van der Waals surface area contributed by atoms with Crippen molar-refractivity contribution in [3.05, 3.63) is 46.9 Å². The summed E-state index contributed by atoms with van der Waals surface area (Å²) < 4.78 is 1.83. The molecule has 0 radical (unpaired) electrons. The Morgan fingerprint density at radius 3 is 2.71 bits per heavy atom. The summed E-state index contributed by atoms with van der Waals surface area (Å²) in [6.45, 7) is 2.76. The maximum absolute atomic E-state index is 6.08. The van der Waals surface area contributed by atoms with Crippen LogP contribution in [0, 0.1) is 0 Å². The van der Waals surface area contributed by atoms with Crippen LogP contribution in [0.15, 0.2) is 30.5 Å². The third kappa shape index (κ3) is 2.69. The lowest BCUT2D eigenvalue weighted by Crippen LogP contribution is -2.04. The minimum atomic E-state index is 0.423. The minimum absolute atomic E-state index is 0.423. The van der Waals surface area contributed by atoms with Crippen molar-refractivity contribution >= 4 is 28.2 Å². The predicted molar refractivity (Wildman–Crippen MR) is 84.5 cm³/mol. The molecule has 3 aromatic rings. The second kappa shape index (κ2) is 5.69. The van der Waals surface area contributed by atoms with Gasteiger partial charge in [0.05, 0.1) is 5.69 Å². The number of nitrogens with one attached hydrogen (secondary N) is 1. The van der Waals surface area contributed by atoms with Gasteiger partial charge >= 0.3 is 0 Å². The lowest BCUT2D eigenvalue weighted by Gasteiger charge is -2.08. The Labute approximate surface area is 127 Å². The summed E-state index contributed by atoms with van der Waals surface area (Å²) in [5.74, 6) is 0.737. The van der Waals surface area contributed by atoms with E-state index in [2.05, 4.69) is 27.5 Å². The van der Waals surface area contributed by atoms with Gasteiger partial charge in [0.2, 0.25) is 0 Å². The van der Waals surface area contributed by atoms with Crippen LogP contribution in [-0.4, -0.2) is 20.0 Å². The summed E-state index contributed by atoms with van der Waals surface area (Å²) in [4.78, 5) is 0. The van der Waals surface area contributed by atoms with Crippen LogP contribution in [0.3, 0.4) is 0 Å². The summed E-state index contributed by atoms with van der Waals surface area (Å²) >= 11 is 6.08. The standard InChI is InChI=1S/C15H16ClN5/c1-3-13-10(9-21(2)20-13)8-17-15-12-7-5-4-6-11(12)14(16)18-19-15/h4-7,9H,3,8H2,1-2H3,(H,17,19). The van der Waals surface area contributed by atoms with Crippen LogP contribution in [0.2, 0.25) is 5.15 Å². The van der Waals surface area contributed by atoms with Crippen molar-refractivity contribution in [1.29, 1.82) is 0 Å². The van der Waals surface area contributed by atoms with Crippen LogP contribution in [0.25, 0.3) is 10.8 Å². The number of nitrogens with zero attached hydrogens (tertiary/aromatic N) is 4. The fourth-order valence-corrected chi connectivity index (χ4v) is 2.61. The Morgan fingerprint density at radius 2 is 1.95 bits per heavy atom. The van der Waals surface area contributed by atoms with Crippen molar-refractivity contribution < 1.29 is 0 Å². The first-order chi connectivity index (χ1) is 10.2. The maximum Gasteiger partial charge on any atom is 0.159 e. The molecule has 0 saturated carbocycles. The molecule has 0 spiro atoms. The van der Waals surface area contributed by atoms with Gasteiger partial charge in [0, 0.05) is 36.1 Å². The van der Waals surface area contributed by atoms with Crippen LogP contribution in [0.4, 0.5) is 5.82 Å². The molecule has 0 atom stereocenters. The molecule has 2 heterocycles. The maximum atomic E-state index is 6.08. The summed E-state index contributed by atoms with van der Waals surface area (Å²) in [7, 11) is 1.93. The van der Waals surface area contributed by atoms with E-state index in [4.69, 9.17) is 11.6 Å². The zero-order chi connectivity index (χ0) is 14.8. The van der Waals surface area contributed by atoms with Crippen LogP contribution < -0.4 is 5.32 Å². The fraction of sp³-hybridized carbons (Fsp3) is 0.267. The van der Waals surface area contributed by atoms with E-state index in [1.54, 1.807) is 0 Å². The van der Waals surface area contributed by atoms with Gasteiger partial charge in [-0.25, -0.2) is 0 Å². The third-order valence-corrected chi connectivity index (χ3v) is 3.69. The quantitative estimate of drug-likeness (QED) is 0.804. The third-order valence-electron chi connectivity index (χ3n) is 3.42. The number of aromatic nitrogens is 4. The van der Waals surface area contributed by atoms with Gasteiger partial charge in [-0.15, -0.1) is 10.2 Å². The Balaban J connectivity index is 1.90. The Bertz CT molecular complexity index is 781. The zero-order valence-electron chi connectivity index (χ0n) is 12.0. The normalized spacial score (nSPS) is 11.0. The van der Waals surface area contributed by atoms with Crippen LogP contribution in [-0.2, 0) is 20.0 Å². The number of hydrogen-bond donors (Lipinski definition) is 1. The Hall–Kier alpha value is -2.14.